The van der Waals surface area contributed by atoms with E-state index < -0.39 is 12.3 Å². The van der Waals surface area contributed by atoms with E-state index in [1.54, 1.807) is 0 Å². The maximum atomic E-state index is 12.7. The van der Waals surface area contributed by atoms with Crippen molar-refractivity contribution in [2.75, 3.05) is 20.2 Å². The number of nitrogens with zero attached hydrogens (tertiary/aromatic N) is 1. The fourth-order valence-corrected chi connectivity index (χ4v) is 2.34. The van der Waals surface area contributed by atoms with Crippen molar-refractivity contribution in [2.45, 2.75) is 38.8 Å². The smallest absolute Gasteiger partial charge is 0.243 e. The van der Waals surface area contributed by atoms with Crippen LogP contribution in [-0.4, -0.2) is 43.7 Å². The Bertz CT molecular complexity index is 178. The molecule has 1 fully saturated rings. The summed E-state index contributed by atoms with van der Waals surface area (Å²) in [4.78, 5) is 1.98. The van der Waals surface area contributed by atoms with E-state index >= 15 is 0 Å². The minimum absolute atomic E-state index is 0.105. The Morgan fingerprint density at radius 3 is 2.64 bits per heavy atom. The van der Waals surface area contributed by atoms with Gasteiger partial charge in [-0.3, -0.25) is 0 Å². The number of likely N-dealkylation sites (tertiary alicyclic amines) is 1. The molecular weight excluding hydrogens is 188 g/mol. The Hall–Kier alpha value is -0.220. The van der Waals surface area contributed by atoms with E-state index in [1.165, 1.54) is 0 Å². The van der Waals surface area contributed by atoms with Crippen molar-refractivity contribution < 1.29 is 13.5 Å². The molecule has 1 rings (SSSR count). The standard InChI is InChI=1S/C10H19F2NO/c1-4-14-7(2)9-8(10(11)12)5-6-13(9)3/h7-10H,4-6H2,1-3H3/t7-,8-,9+/m0/s1. The third kappa shape index (κ3) is 2.42. The van der Waals surface area contributed by atoms with E-state index in [2.05, 4.69) is 0 Å². The van der Waals surface area contributed by atoms with Gasteiger partial charge in [-0.05, 0) is 33.9 Å². The molecule has 0 aromatic carbocycles. The van der Waals surface area contributed by atoms with Crippen LogP contribution >= 0.6 is 0 Å². The second kappa shape index (κ2) is 5.03. The summed E-state index contributed by atoms with van der Waals surface area (Å²) in [6, 6.07) is -0.130. The number of hydrogen-bond acceptors (Lipinski definition) is 2. The van der Waals surface area contributed by atoms with Gasteiger partial charge in [-0.1, -0.05) is 0 Å². The van der Waals surface area contributed by atoms with Crippen molar-refractivity contribution in [1.29, 1.82) is 0 Å². The highest BCUT2D eigenvalue weighted by atomic mass is 19.3. The number of ether oxygens (including phenoxy) is 1. The Morgan fingerprint density at radius 1 is 1.50 bits per heavy atom. The predicted molar refractivity (Wildman–Crippen MR) is 51.6 cm³/mol. The van der Waals surface area contributed by atoms with Gasteiger partial charge in [0.05, 0.1) is 6.10 Å². The van der Waals surface area contributed by atoms with Gasteiger partial charge in [-0.2, -0.15) is 0 Å². The first-order valence-electron chi connectivity index (χ1n) is 5.18. The summed E-state index contributed by atoms with van der Waals surface area (Å²) in [6.45, 7) is 5.10. The molecule has 0 bridgehead atoms. The zero-order chi connectivity index (χ0) is 10.7. The maximum absolute atomic E-state index is 12.7. The van der Waals surface area contributed by atoms with Gasteiger partial charge in [0.2, 0.25) is 6.43 Å². The van der Waals surface area contributed by atoms with E-state index in [4.69, 9.17) is 4.74 Å². The van der Waals surface area contributed by atoms with Crippen molar-refractivity contribution >= 4 is 0 Å². The molecule has 4 heteroatoms. The van der Waals surface area contributed by atoms with Crippen LogP contribution in [0.3, 0.4) is 0 Å². The van der Waals surface area contributed by atoms with Crippen LogP contribution in [-0.2, 0) is 4.74 Å². The molecule has 0 unspecified atom stereocenters. The molecule has 0 aromatic rings. The number of rotatable bonds is 4. The molecular formula is C10H19F2NO. The zero-order valence-electron chi connectivity index (χ0n) is 9.04. The molecule has 0 N–H and O–H groups in total. The third-order valence-electron chi connectivity index (χ3n) is 3.00. The van der Waals surface area contributed by atoms with Crippen molar-refractivity contribution in [3.05, 3.63) is 0 Å². The SMILES string of the molecule is CCO[C@@H](C)[C@@H]1[C@@H](C(F)F)CCN1C. The number of alkyl halides is 2. The van der Waals surface area contributed by atoms with Crippen LogP contribution in [0, 0.1) is 5.92 Å². The molecule has 1 aliphatic heterocycles. The lowest BCUT2D eigenvalue weighted by Crippen LogP contribution is -2.42. The van der Waals surface area contributed by atoms with Crippen LogP contribution in [0.15, 0.2) is 0 Å². The predicted octanol–water partition coefficient (Wildman–Crippen LogP) is 2.00. The molecule has 3 atom stereocenters. The number of halogens is 2. The Morgan fingerprint density at radius 2 is 2.14 bits per heavy atom. The average Bonchev–Trinajstić information content (AvgIpc) is 2.47. The molecule has 1 heterocycles. The summed E-state index contributed by atoms with van der Waals surface area (Å²) < 4.78 is 30.8. The van der Waals surface area contributed by atoms with Gasteiger partial charge in [-0.25, -0.2) is 8.78 Å². The molecule has 0 saturated carbocycles. The molecule has 84 valence electrons. The molecule has 1 aliphatic rings. The van der Waals surface area contributed by atoms with Crippen LogP contribution in [0.2, 0.25) is 0 Å². The van der Waals surface area contributed by atoms with Crippen molar-refractivity contribution in [3.63, 3.8) is 0 Å². The van der Waals surface area contributed by atoms with Gasteiger partial charge in [0, 0.05) is 18.6 Å². The van der Waals surface area contributed by atoms with Crippen LogP contribution < -0.4 is 0 Å². The lowest BCUT2D eigenvalue weighted by atomic mass is 9.97. The van der Waals surface area contributed by atoms with Crippen LogP contribution in [0.5, 0.6) is 0 Å². The summed E-state index contributed by atoms with van der Waals surface area (Å²) in [5.41, 5.74) is 0. The summed E-state index contributed by atoms with van der Waals surface area (Å²) in [5.74, 6) is -0.526. The summed E-state index contributed by atoms with van der Waals surface area (Å²) in [6.07, 6.45) is -1.75. The van der Waals surface area contributed by atoms with Gasteiger partial charge in [0.15, 0.2) is 0 Å². The highest BCUT2D eigenvalue weighted by molar-refractivity contribution is 4.90. The molecule has 0 aliphatic carbocycles. The van der Waals surface area contributed by atoms with Gasteiger partial charge in [0.25, 0.3) is 0 Å². The zero-order valence-corrected chi connectivity index (χ0v) is 9.04. The number of hydrogen-bond donors (Lipinski definition) is 0. The minimum atomic E-state index is -2.23. The molecule has 1 saturated heterocycles. The summed E-state index contributed by atoms with van der Waals surface area (Å²) in [5, 5.41) is 0. The largest absolute Gasteiger partial charge is 0.377 e. The molecule has 0 aromatic heterocycles. The van der Waals surface area contributed by atoms with E-state index in [9.17, 15) is 8.78 Å². The number of likely N-dealkylation sites (N-methyl/N-ethyl adjacent to an activating group) is 1. The van der Waals surface area contributed by atoms with Gasteiger partial charge >= 0.3 is 0 Å². The van der Waals surface area contributed by atoms with Crippen molar-refractivity contribution in [2.24, 2.45) is 5.92 Å². The minimum Gasteiger partial charge on any atom is -0.377 e. The highest BCUT2D eigenvalue weighted by Crippen LogP contribution is 2.31. The Labute approximate surface area is 84.2 Å². The second-order valence-corrected chi connectivity index (χ2v) is 3.92. The van der Waals surface area contributed by atoms with Crippen LogP contribution in [0.4, 0.5) is 8.78 Å². The van der Waals surface area contributed by atoms with E-state index in [1.807, 2.05) is 25.8 Å². The fraction of sp³-hybridized carbons (Fsp3) is 1.00. The Kier molecular flexibility index (Phi) is 4.26. The fourth-order valence-electron chi connectivity index (χ4n) is 2.34. The second-order valence-electron chi connectivity index (χ2n) is 3.92. The van der Waals surface area contributed by atoms with Crippen LogP contribution in [0.1, 0.15) is 20.3 Å². The average molecular weight is 207 g/mol. The monoisotopic (exact) mass is 207 g/mol. The molecule has 0 radical (unpaired) electrons. The maximum Gasteiger partial charge on any atom is 0.243 e. The quantitative estimate of drug-likeness (QED) is 0.699. The normalized spacial score (nSPS) is 31.3. The van der Waals surface area contributed by atoms with Gasteiger partial charge < -0.3 is 9.64 Å². The topological polar surface area (TPSA) is 12.5 Å². The lowest BCUT2D eigenvalue weighted by molar-refractivity contribution is -0.0250. The lowest BCUT2D eigenvalue weighted by Gasteiger charge is -2.30. The summed E-state index contributed by atoms with van der Waals surface area (Å²) in [7, 11) is 1.89. The molecule has 0 spiro atoms. The van der Waals surface area contributed by atoms with Gasteiger partial charge in [0.1, 0.15) is 0 Å². The van der Waals surface area contributed by atoms with E-state index in [-0.39, 0.29) is 12.1 Å². The third-order valence-corrected chi connectivity index (χ3v) is 3.00. The molecule has 0 amide bonds. The highest BCUT2D eigenvalue weighted by Gasteiger charge is 2.41. The van der Waals surface area contributed by atoms with E-state index in [0.717, 1.165) is 6.54 Å². The molecule has 14 heavy (non-hydrogen) atoms. The van der Waals surface area contributed by atoms with Gasteiger partial charge in [-0.15, -0.1) is 0 Å². The Balaban J connectivity index is 2.61. The van der Waals surface area contributed by atoms with Crippen LogP contribution in [0.25, 0.3) is 0 Å². The first-order chi connectivity index (χ1) is 6.57. The van der Waals surface area contributed by atoms with Crippen molar-refractivity contribution in [3.8, 4) is 0 Å². The summed E-state index contributed by atoms with van der Waals surface area (Å²) >= 11 is 0. The first-order valence-corrected chi connectivity index (χ1v) is 5.18. The first kappa shape index (κ1) is 11.9. The molecule has 2 nitrogen and oxygen atoms in total. The van der Waals surface area contributed by atoms with E-state index in [0.29, 0.717) is 13.0 Å². The van der Waals surface area contributed by atoms with Crippen molar-refractivity contribution in [1.82, 2.24) is 4.90 Å².